The first-order chi connectivity index (χ1) is 13.0. The average molecular weight is 374 g/mol. The average Bonchev–Trinajstić information content (AvgIpc) is 3.20. The molecule has 0 radical (unpaired) electrons. The highest BCUT2D eigenvalue weighted by Crippen LogP contribution is 2.31. The molecule has 6 nitrogen and oxygen atoms in total. The summed E-state index contributed by atoms with van der Waals surface area (Å²) >= 11 is 0. The number of amides is 1. The van der Waals surface area contributed by atoms with Crippen LogP contribution in [0.1, 0.15) is 34.8 Å². The Morgan fingerprint density at radius 1 is 1.26 bits per heavy atom. The highest BCUT2D eigenvalue weighted by atomic mass is 19.1. The first-order valence-corrected chi connectivity index (χ1v) is 8.88. The Hall–Kier alpha value is -2.80. The van der Waals surface area contributed by atoms with E-state index >= 15 is 0 Å². The van der Waals surface area contributed by atoms with Gasteiger partial charge in [0.05, 0.1) is 13.2 Å². The van der Waals surface area contributed by atoms with Gasteiger partial charge in [-0.05, 0) is 55.8 Å². The minimum atomic E-state index is -0.887. The van der Waals surface area contributed by atoms with Crippen LogP contribution in [0.15, 0.2) is 36.4 Å². The van der Waals surface area contributed by atoms with E-state index in [4.69, 9.17) is 4.74 Å². The monoisotopic (exact) mass is 374 g/mol. The Labute approximate surface area is 157 Å². The van der Waals surface area contributed by atoms with E-state index < -0.39 is 28.8 Å². The number of nitrogens with one attached hydrogen (secondary N) is 1. The standard InChI is InChI=1S/C20H23FN2O4/c1-27-14-6-4-5-13(11-14)16(23-9-2-3-10-23)12-22-20(26)18-15(21)7-8-17(24)19(18)25/h4-8,11,16,24-25H,2-3,9-10,12H2,1H3,(H,22,26)/t16-/m0/s1. The molecule has 1 aliphatic heterocycles. The summed E-state index contributed by atoms with van der Waals surface area (Å²) in [7, 11) is 1.60. The lowest BCUT2D eigenvalue weighted by atomic mass is 10.0. The van der Waals surface area contributed by atoms with Crippen molar-refractivity contribution >= 4 is 5.91 Å². The third-order valence-corrected chi connectivity index (χ3v) is 4.85. The minimum Gasteiger partial charge on any atom is -0.504 e. The third-order valence-electron chi connectivity index (χ3n) is 4.85. The van der Waals surface area contributed by atoms with E-state index in [2.05, 4.69) is 10.2 Å². The van der Waals surface area contributed by atoms with Crippen LogP contribution in [0.2, 0.25) is 0 Å². The number of carbonyl (C=O) groups is 1. The zero-order valence-corrected chi connectivity index (χ0v) is 15.1. The van der Waals surface area contributed by atoms with Crippen LogP contribution in [-0.2, 0) is 0 Å². The van der Waals surface area contributed by atoms with E-state index in [1.165, 1.54) is 0 Å². The maximum absolute atomic E-state index is 14.0. The molecule has 0 unspecified atom stereocenters. The zero-order valence-electron chi connectivity index (χ0n) is 15.1. The molecule has 0 aromatic heterocycles. The third kappa shape index (κ3) is 4.14. The smallest absolute Gasteiger partial charge is 0.258 e. The molecule has 1 atom stereocenters. The van der Waals surface area contributed by atoms with Gasteiger partial charge in [0, 0.05) is 6.54 Å². The van der Waals surface area contributed by atoms with Gasteiger partial charge in [-0.25, -0.2) is 4.39 Å². The lowest BCUT2D eigenvalue weighted by molar-refractivity contribution is 0.0930. The molecule has 144 valence electrons. The summed E-state index contributed by atoms with van der Waals surface area (Å²) in [6.45, 7) is 2.05. The van der Waals surface area contributed by atoms with Crippen molar-refractivity contribution in [3.63, 3.8) is 0 Å². The lowest BCUT2D eigenvalue weighted by Gasteiger charge is -2.28. The van der Waals surface area contributed by atoms with Crippen LogP contribution in [0.25, 0.3) is 0 Å². The van der Waals surface area contributed by atoms with E-state index in [-0.39, 0.29) is 12.6 Å². The van der Waals surface area contributed by atoms with E-state index in [9.17, 15) is 19.4 Å². The van der Waals surface area contributed by atoms with Crippen molar-refractivity contribution in [3.8, 4) is 17.2 Å². The fraction of sp³-hybridized carbons (Fsp3) is 0.350. The second-order valence-electron chi connectivity index (χ2n) is 6.54. The predicted molar refractivity (Wildman–Crippen MR) is 98.6 cm³/mol. The summed E-state index contributed by atoms with van der Waals surface area (Å²) < 4.78 is 19.3. The number of benzene rings is 2. The highest BCUT2D eigenvalue weighted by molar-refractivity contribution is 5.97. The van der Waals surface area contributed by atoms with Gasteiger partial charge < -0.3 is 20.3 Å². The van der Waals surface area contributed by atoms with Crippen LogP contribution in [0, 0.1) is 5.82 Å². The largest absolute Gasteiger partial charge is 0.504 e. The molecule has 0 saturated carbocycles. The molecular weight excluding hydrogens is 351 g/mol. The number of hydrogen-bond acceptors (Lipinski definition) is 5. The summed E-state index contributed by atoms with van der Waals surface area (Å²) in [5.41, 5.74) is 0.429. The molecule has 27 heavy (non-hydrogen) atoms. The van der Waals surface area contributed by atoms with Crippen LogP contribution < -0.4 is 10.1 Å². The predicted octanol–water partition coefficient (Wildman–Crippen LogP) is 2.81. The number of aromatic hydroxyl groups is 2. The number of nitrogens with zero attached hydrogens (tertiary/aromatic N) is 1. The fourth-order valence-electron chi connectivity index (χ4n) is 3.41. The van der Waals surface area contributed by atoms with Gasteiger partial charge in [0.2, 0.25) is 0 Å². The number of phenols is 2. The van der Waals surface area contributed by atoms with E-state index in [0.717, 1.165) is 49.4 Å². The van der Waals surface area contributed by atoms with E-state index in [1.54, 1.807) is 7.11 Å². The first kappa shape index (κ1) is 19.0. The topological polar surface area (TPSA) is 82.0 Å². The SMILES string of the molecule is COc1cccc([C@H](CNC(=O)c2c(F)ccc(O)c2O)N2CCCC2)c1. The van der Waals surface area contributed by atoms with Crippen molar-refractivity contribution in [2.45, 2.75) is 18.9 Å². The van der Waals surface area contributed by atoms with Gasteiger partial charge in [-0.1, -0.05) is 12.1 Å². The number of halogens is 1. The second-order valence-corrected chi connectivity index (χ2v) is 6.54. The molecule has 1 aliphatic rings. The normalized spacial score (nSPS) is 15.5. The summed E-state index contributed by atoms with van der Waals surface area (Å²) in [6.07, 6.45) is 2.16. The summed E-state index contributed by atoms with van der Waals surface area (Å²) in [5, 5.41) is 22.1. The number of ether oxygens (including phenoxy) is 1. The quantitative estimate of drug-likeness (QED) is 0.678. The number of hydrogen-bond donors (Lipinski definition) is 3. The van der Waals surface area contributed by atoms with Gasteiger partial charge in [-0.3, -0.25) is 9.69 Å². The zero-order chi connectivity index (χ0) is 19.4. The number of likely N-dealkylation sites (tertiary alicyclic amines) is 1. The van der Waals surface area contributed by atoms with Gasteiger partial charge in [0.15, 0.2) is 11.5 Å². The number of carbonyl (C=O) groups excluding carboxylic acids is 1. The van der Waals surface area contributed by atoms with Crippen molar-refractivity contribution < 1.29 is 24.1 Å². The maximum atomic E-state index is 14.0. The highest BCUT2D eigenvalue weighted by Gasteiger charge is 2.26. The molecule has 1 amide bonds. The summed E-state index contributed by atoms with van der Waals surface area (Å²) in [4.78, 5) is 14.7. The molecule has 3 N–H and O–H groups in total. The van der Waals surface area contributed by atoms with Crippen molar-refractivity contribution in [1.29, 1.82) is 0 Å². The molecule has 0 aliphatic carbocycles. The Bertz CT molecular complexity index is 822. The minimum absolute atomic E-state index is 0.103. The molecule has 3 rings (SSSR count). The Morgan fingerprint density at radius 3 is 2.70 bits per heavy atom. The molecule has 2 aromatic rings. The van der Waals surface area contributed by atoms with Crippen molar-refractivity contribution in [2.24, 2.45) is 0 Å². The molecule has 0 spiro atoms. The molecule has 2 aromatic carbocycles. The Balaban J connectivity index is 1.81. The molecule has 1 saturated heterocycles. The van der Waals surface area contributed by atoms with Crippen LogP contribution in [0.5, 0.6) is 17.2 Å². The van der Waals surface area contributed by atoms with Crippen LogP contribution in [0.3, 0.4) is 0 Å². The Kier molecular flexibility index (Phi) is 5.81. The lowest BCUT2D eigenvalue weighted by Crippen LogP contribution is -2.37. The summed E-state index contributed by atoms with van der Waals surface area (Å²) in [5.74, 6) is -2.23. The van der Waals surface area contributed by atoms with Gasteiger partial charge in [0.1, 0.15) is 17.1 Å². The molecule has 0 bridgehead atoms. The molecule has 1 heterocycles. The van der Waals surface area contributed by atoms with Crippen LogP contribution in [-0.4, -0.2) is 47.8 Å². The van der Waals surface area contributed by atoms with E-state index in [1.807, 2.05) is 24.3 Å². The molecule has 7 heteroatoms. The number of rotatable bonds is 6. The maximum Gasteiger partial charge on any atom is 0.258 e. The van der Waals surface area contributed by atoms with Gasteiger partial charge in [-0.15, -0.1) is 0 Å². The summed E-state index contributed by atoms with van der Waals surface area (Å²) in [6, 6.07) is 9.47. The van der Waals surface area contributed by atoms with Crippen LogP contribution in [0.4, 0.5) is 4.39 Å². The first-order valence-electron chi connectivity index (χ1n) is 8.88. The number of methoxy groups -OCH3 is 1. The van der Waals surface area contributed by atoms with Gasteiger partial charge in [-0.2, -0.15) is 0 Å². The van der Waals surface area contributed by atoms with Crippen LogP contribution >= 0.6 is 0 Å². The van der Waals surface area contributed by atoms with Crippen molar-refractivity contribution in [2.75, 3.05) is 26.7 Å². The second kappa shape index (κ2) is 8.26. The molecular formula is C20H23FN2O4. The van der Waals surface area contributed by atoms with Crippen molar-refractivity contribution in [1.82, 2.24) is 10.2 Å². The number of phenolic OH excluding ortho intramolecular Hbond substituents is 2. The van der Waals surface area contributed by atoms with Gasteiger partial charge >= 0.3 is 0 Å². The van der Waals surface area contributed by atoms with E-state index in [0.29, 0.717) is 0 Å². The van der Waals surface area contributed by atoms with Gasteiger partial charge in [0.25, 0.3) is 5.91 Å². The Morgan fingerprint density at radius 2 is 2.00 bits per heavy atom. The fourth-order valence-corrected chi connectivity index (χ4v) is 3.41. The van der Waals surface area contributed by atoms with Crippen molar-refractivity contribution in [3.05, 3.63) is 53.3 Å². The molecule has 1 fully saturated rings.